The van der Waals surface area contributed by atoms with Gasteiger partial charge >= 0.3 is 0 Å². The Bertz CT molecular complexity index is 280. The van der Waals surface area contributed by atoms with Gasteiger partial charge in [-0.2, -0.15) is 0 Å². The first-order chi connectivity index (χ1) is 8.26. The van der Waals surface area contributed by atoms with Gasteiger partial charge in [0.15, 0.2) is 0 Å². The van der Waals surface area contributed by atoms with Crippen molar-refractivity contribution in [2.75, 3.05) is 20.1 Å². The molecule has 1 aromatic carbocycles. The van der Waals surface area contributed by atoms with Gasteiger partial charge < -0.3 is 10.2 Å². The van der Waals surface area contributed by atoms with Crippen LogP contribution < -0.4 is 5.32 Å². The van der Waals surface area contributed by atoms with Crippen LogP contribution >= 0.6 is 0 Å². The van der Waals surface area contributed by atoms with Gasteiger partial charge in [0.2, 0.25) is 0 Å². The largest absolute Gasteiger partial charge is 0.313 e. The SMILES string of the molecule is CCC(CC)NCCN(C)Cc1ccccc1. The Labute approximate surface area is 106 Å². The average molecular weight is 234 g/mol. The summed E-state index contributed by atoms with van der Waals surface area (Å²) in [6, 6.07) is 11.3. The number of hydrogen-bond donors (Lipinski definition) is 1. The first-order valence-corrected chi connectivity index (χ1v) is 6.72. The van der Waals surface area contributed by atoms with Crippen molar-refractivity contribution < 1.29 is 0 Å². The second-order valence-electron chi connectivity index (χ2n) is 4.69. The van der Waals surface area contributed by atoms with Gasteiger partial charge in [0, 0.05) is 25.7 Å². The number of rotatable bonds is 8. The second kappa shape index (κ2) is 8.26. The third-order valence-electron chi connectivity index (χ3n) is 3.21. The molecule has 1 N–H and O–H groups in total. The molecule has 2 nitrogen and oxygen atoms in total. The maximum absolute atomic E-state index is 3.59. The van der Waals surface area contributed by atoms with E-state index in [1.54, 1.807) is 0 Å². The summed E-state index contributed by atoms with van der Waals surface area (Å²) < 4.78 is 0. The van der Waals surface area contributed by atoms with Crippen LogP contribution in [0.2, 0.25) is 0 Å². The predicted molar refractivity (Wildman–Crippen MR) is 75.1 cm³/mol. The number of nitrogens with zero attached hydrogens (tertiary/aromatic N) is 1. The summed E-state index contributed by atoms with van der Waals surface area (Å²) in [7, 11) is 2.18. The van der Waals surface area contributed by atoms with Crippen molar-refractivity contribution in [2.45, 2.75) is 39.3 Å². The molecule has 0 radical (unpaired) electrons. The molecule has 0 aliphatic heterocycles. The zero-order valence-corrected chi connectivity index (χ0v) is 11.4. The molecule has 0 unspecified atom stereocenters. The van der Waals surface area contributed by atoms with E-state index >= 15 is 0 Å². The van der Waals surface area contributed by atoms with E-state index in [0.29, 0.717) is 6.04 Å². The number of benzene rings is 1. The molecule has 0 bridgehead atoms. The summed E-state index contributed by atoms with van der Waals surface area (Å²) in [4.78, 5) is 2.37. The van der Waals surface area contributed by atoms with Gasteiger partial charge in [0.25, 0.3) is 0 Å². The van der Waals surface area contributed by atoms with E-state index in [9.17, 15) is 0 Å². The van der Waals surface area contributed by atoms with Gasteiger partial charge in [-0.1, -0.05) is 44.2 Å². The van der Waals surface area contributed by atoms with Gasteiger partial charge in [-0.05, 0) is 25.5 Å². The quantitative estimate of drug-likeness (QED) is 0.744. The highest BCUT2D eigenvalue weighted by Gasteiger charge is 2.03. The van der Waals surface area contributed by atoms with Crippen LogP contribution in [0.25, 0.3) is 0 Å². The fourth-order valence-electron chi connectivity index (χ4n) is 2.01. The molecule has 0 amide bonds. The summed E-state index contributed by atoms with van der Waals surface area (Å²) in [5, 5.41) is 3.59. The van der Waals surface area contributed by atoms with E-state index in [-0.39, 0.29) is 0 Å². The average Bonchev–Trinajstić information content (AvgIpc) is 2.36. The minimum Gasteiger partial charge on any atom is -0.313 e. The fraction of sp³-hybridized carbons (Fsp3) is 0.600. The maximum atomic E-state index is 3.59. The Hall–Kier alpha value is -0.860. The molecule has 0 fully saturated rings. The van der Waals surface area contributed by atoms with Crippen LogP contribution in [0.15, 0.2) is 30.3 Å². The molecule has 0 aliphatic carbocycles. The number of hydrogen-bond acceptors (Lipinski definition) is 2. The fourth-order valence-corrected chi connectivity index (χ4v) is 2.01. The zero-order valence-electron chi connectivity index (χ0n) is 11.4. The highest BCUT2D eigenvalue weighted by atomic mass is 15.1. The highest BCUT2D eigenvalue weighted by Crippen LogP contribution is 2.02. The minimum atomic E-state index is 0.681. The van der Waals surface area contributed by atoms with Crippen molar-refractivity contribution in [1.29, 1.82) is 0 Å². The highest BCUT2D eigenvalue weighted by molar-refractivity contribution is 5.14. The first-order valence-electron chi connectivity index (χ1n) is 6.72. The first kappa shape index (κ1) is 14.2. The summed E-state index contributed by atoms with van der Waals surface area (Å²) in [6.45, 7) is 7.70. The molecule has 0 heterocycles. The predicted octanol–water partition coefficient (Wildman–Crippen LogP) is 2.90. The molecule has 0 spiro atoms. The molecule has 0 saturated carbocycles. The molecule has 0 saturated heterocycles. The second-order valence-corrected chi connectivity index (χ2v) is 4.69. The summed E-state index contributed by atoms with van der Waals surface area (Å²) in [5.74, 6) is 0. The van der Waals surface area contributed by atoms with Crippen LogP contribution in [0.5, 0.6) is 0 Å². The van der Waals surface area contributed by atoms with Crippen molar-refractivity contribution in [3.05, 3.63) is 35.9 Å². The summed E-state index contributed by atoms with van der Waals surface area (Å²) in [5.41, 5.74) is 1.39. The lowest BCUT2D eigenvalue weighted by molar-refractivity contribution is 0.314. The van der Waals surface area contributed by atoms with Crippen molar-refractivity contribution in [3.63, 3.8) is 0 Å². The molecule has 2 heteroatoms. The van der Waals surface area contributed by atoms with Crippen LogP contribution in [0.3, 0.4) is 0 Å². The van der Waals surface area contributed by atoms with Crippen LogP contribution in [0, 0.1) is 0 Å². The van der Waals surface area contributed by atoms with Crippen molar-refractivity contribution in [2.24, 2.45) is 0 Å². The van der Waals surface area contributed by atoms with E-state index < -0.39 is 0 Å². The maximum Gasteiger partial charge on any atom is 0.0231 e. The number of likely N-dealkylation sites (N-methyl/N-ethyl adjacent to an activating group) is 1. The van der Waals surface area contributed by atoms with E-state index in [1.807, 2.05) is 0 Å². The normalized spacial score (nSPS) is 11.4. The van der Waals surface area contributed by atoms with E-state index in [2.05, 4.69) is 61.4 Å². The molecule has 1 rings (SSSR count). The molecule has 0 atom stereocenters. The number of nitrogens with one attached hydrogen (secondary N) is 1. The van der Waals surface area contributed by atoms with E-state index in [4.69, 9.17) is 0 Å². The van der Waals surface area contributed by atoms with Crippen molar-refractivity contribution in [1.82, 2.24) is 10.2 Å². The lowest BCUT2D eigenvalue weighted by Gasteiger charge is -2.20. The van der Waals surface area contributed by atoms with Gasteiger partial charge in [-0.15, -0.1) is 0 Å². The van der Waals surface area contributed by atoms with Crippen LogP contribution in [-0.4, -0.2) is 31.1 Å². The smallest absolute Gasteiger partial charge is 0.0231 e. The van der Waals surface area contributed by atoms with Crippen LogP contribution in [-0.2, 0) is 6.54 Å². The minimum absolute atomic E-state index is 0.681. The van der Waals surface area contributed by atoms with Gasteiger partial charge in [0.1, 0.15) is 0 Å². The molecule has 17 heavy (non-hydrogen) atoms. The zero-order chi connectivity index (χ0) is 12.5. The Balaban J connectivity index is 2.19. The monoisotopic (exact) mass is 234 g/mol. The lowest BCUT2D eigenvalue weighted by atomic mass is 10.2. The topological polar surface area (TPSA) is 15.3 Å². The Kier molecular flexibility index (Phi) is 6.90. The van der Waals surface area contributed by atoms with Gasteiger partial charge in [0.05, 0.1) is 0 Å². The van der Waals surface area contributed by atoms with Crippen LogP contribution in [0.1, 0.15) is 32.3 Å². The Morgan fingerprint density at radius 2 is 1.76 bits per heavy atom. The lowest BCUT2D eigenvalue weighted by Crippen LogP contribution is -2.35. The Morgan fingerprint density at radius 1 is 1.12 bits per heavy atom. The molecule has 1 aromatic rings. The van der Waals surface area contributed by atoms with Gasteiger partial charge in [-0.25, -0.2) is 0 Å². The molecular formula is C15H26N2. The van der Waals surface area contributed by atoms with Crippen molar-refractivity contribution in [3.8, 4) is 0 Å². The van der Waals surface area contributed by atoms with Crippen molar-refractivity contribution >= 4 is 0 Å². The third kappa shape index (κ3) is 5.85. The third-order valence-corrected chi connectivity index (χ3v) is 3.21. The standard InChI is InChI=1S/C15H26N2/c1-4-15(5-2)16-11-12-17(3)13-14-9-7-6-8-10-14/h6-10,15-16H,4-5,11-13H2,1-3H3. The van der Waals surface area contributed by atoms with E-state index in [0.717, 1.165) is 19.6 Å². The van der Waals surface area contributed by atoms with Crippen LogP contribution in [0.4, 0.5) is 0 Å². The molecule has 96 valence electrons. The molecule has 0 aromatic heterocycles. The van der Waals surface area contributed by atoms with Gasteiger partial charge in [-0.3, -0.25) is 0 Å². The molecular weight excluding hydrogens is 208 g/mol. The van der Waals surface area contributed by atoms with E-state index in [1.165, 1.54) is 18.4 Å². The molecule has 0 aliphatic rings. The Morgan fingerprint density at radius 3 is 2.35 bits per heavy atom. The summed E-state index contributed by atoms with van der Waals surface area (Å²) in [6.07, 6.45) is 2.44. The summed E-state index contributed by atoms with van der Waals surface area (Å²) >= 11 is 0.